The minimum Gasteiger partial charge on any atom is -0.493 e. The summed E-state index contributed by atoms with van der Waals surface area (Å²) in [6.45, 7) is 1.20. The summed E-state index contributed by atoms with van der Waals surface area (Å²) >= 11 is 0. The highest BCUT2D eigenvalue weighted by molar-refractivity contribution is 7.89. The third-order valence-corrected chi connectivity index (χ3v) is 7.93. The van der Waals surface area contributed by atoms with Crippen LogP contribution in [0.2, 0.25) is 0 Å². The van der Waals surface area contributed by atoms with Gasteiger partial charge in [0, 0.05) is 37.7 Å². The summed E-state index contributed by atoms with van der Waals surface area (Å²) in [5, 5.41) is 12.4. The van der Waals surface area contributed by atoms with Crippen molar-refractivity contribution in [3.8, 4) is 17.2 Å². The maximum atomic E-state index is 14.3. The molecule has 2 aliphatic heterocycles. The van der Waals surface area contributed by atoms with Crippen molar-refractivity contribution in [1.29, 1.82) is 0 Å². The Morgan fingerprint density at radius 1 is 1.23 bits per heavy atom. The number of carbonyl (C=O) groups is 3. The summed E-state index contributed by atoms with van der Waals surface area (Å²) < 4.78 is 57.6. The molecule has 2 amide bonds. The average Bonchev–Trinajstić information content (AvgIpc) is 2.91. The first-order valence-corrected chi connectivity index (χ1v) is 13.6. The lowest BCUT2D eigenvalue weighted by Crippen LogP contribution is -2.58. The van der Waals surface area contributed by atoms with Crippen LogP contribution in [0.25, 0.3) is 0 Å². The SMILES string of the molecule is CCS(=O)(=O)N1CC[C@H]2Oc3cc(F)cc(c3)CNC(=O)COc3cc(ccc3OC)C(=O)N[C@H]2C1.O=CO. The molecule has 0 aliphatic carbocycles. The van der Waals surface area contributed by atoms with Crippen LogP contribution < -0.4 is 24.8 Å². The fourth-order valence-electron chi connectivity index (χ4n) is 4.16. The van der Waals surface area contributed by atoms with Gasteiger partial charge < -0.3 is 30.0 Å². The smallest absolute Gasteiger partial charge is 0.290 e. The molecule has 1 fully saturated rings. The number of amides is 2. The van der Waals surface area contributed by atoms with Gasteiger partial charge in [-0.3, -0.25) is 14.4 Å². The van der Waals surface area contributed by atoms with Gasteiger partial charge in [0.25, 0.3) is 18.3 Å². The Hall–Kier alpha value is -3.91. The molecule has 14 heteroatoms. The zero-order valence-corrected chi connectivity index (χ0v) is 22.2. The first-order chi connectivity index (χ1) is 18.6. The Balaban J connectivity index is 0.00000134. The van der Waals surface area contributed by atoms with Gasteiger partial charge in [-0.25, -0.2) is 12.8 Å². The third kappa shape index (κ3) is 7.80. The van der Waals surface area contributed by atoms with E-state index in [1.54, 1.807) is 19.1 Å². The van der Waals surface area contributed by atoms with E-state index in [-0.39, 0.29) is 61.9 Å². The maximum absolute atomic E-state index is 14.3. The van der Waals surface area contributed by atoms with Gasteiger partial charge >= 0.3 is 0 Å². The van der Waals surface area contributed by atoms with Crippen LogP contribution in [-0.2, 0) is 26.2 Å². The van der Waals surface area contributed by atoms with Crippen LogP contribution in [0, 0.1) is 5.82 Å². The Labute approximate surface area is 225 Å². The largest absolute Gasteiger partial charge is 0.493 e. The monoisotopic (exact) mass is 567 g/mol. The van der Waals surface area contributed by atoms with Crippen molar-refractivity contribution in [3.63, 3.8) is 0 Å². The van der Waals surface area contributed by atoms with Gasteiger partial charge in [-0.15, -0.1) is 0 Å². The molecule has 4 rings (SSSR count). The predicted octanol–water partition coefficient (Wildman–Crippen LogP) is 1.15. The number of carbonyl (C=O) groups excluding carboxylic acids is 2. The molecule has 0 radical (unpaired) electrons. The van der Waals surface area contributed by atoms with Crippen molar-refractivity contribution in [2.24, 2.45) is 0 Å². The minimum absolute atomic E-state index is 0.00429. The van der Waals surface area contributed by atoms with Crippen molar-refractivity contribution in [2.75, 3.05) is 32.6 Å². The fourth-order valence-corrected chi connectivity index (χ4v) is 5.30. The lowest BCUT2D eigenvalue weighted by Gasteiger charge is -2.38. The highest BCUT2D eigenvalue weighted by Crippen LogP contribution is 2.29. The van der Waals surface area contributed by atoms with Crippen LogP contribution in [0.3, 0.4) is 0 Å². The summed E-state index contributed by atoms with van der Waals surface area (Å²) in [6, 6.07) is 7.89. The quantitative estimate of drug-likeness (QED) is 0.462. The summed E-state index contributed by atoms with van der Waals surface area (Å²) in [7, 11) is -2.07. The minimum atomic E-state index is -3.50. The second-order valence-electron chi connectivity index (χ2n) is 8.62. The number of nitrogens with one attached hydrogen (secondary N) is 2. The fraction of sp³-hybridized carbons (Fsp3) is 0.400. The molecule has 2 aliphatic rings. The molecule has 0 saturated carbocycles. The Kier molecular flexibility index (Phi) is 10.1. The standard InChI is InChI=1S/C24H28FN3O7S.CH2O2/c1-3-36(31,32)28-7-6-20-19(13-28)27-24(30)16-4-5-21(33-2)22(10-16)34-14-23(29)26-12-15-8-17(25)11-18(9-15)35-20;2-1-3/h4-5,8-11,19-20H,3,6-7,12-14H2,1-2H3,(H,26,29)(H,27,30);1H,(H,2,3)/t19-,20+;/m0./s1. The first kappa shape index (κ1) is 29.6. The molecular formula is C25H30FN3O9S. The lowest BCUT2D eigenvalue weighted by molar-refractivity contribution is -0.123. The van der Waals surface area contributed by atoms with Crippen molar-refractivity contribution in [1.82, 2.24) is 14.9 Å². The molecule has 2 aromatic rings. The molecule has 3 N–H and O–H groups in total. The molecule has 0 aromatic heterocycles. The van der Waals surface area contributed by atoms with Crippen LogP contribution in [0.4, 0.5) is 4.39 Å². The van der Waals surface area contributed by atoms with Crippen LogP contribution in [-0.4, -0.2) is 80.8 Å². The maximum Gasteiger partial charge on any atom is 0.290 e. The van der Waals surface area contributed by atoms with Gasteiger partial charge in [-0.1, -0.05) is 0 Å². The van der Waals surface area contributed by atoms with E-state index in [0.29, 0.717) is 11.3 Å². The van der Waals surface area contributed by atoms with Crippen LogP contribution in [0.1, 0.15) is 29.3 Å². The van der Waals surface area contributed by atoms with Gasteiger partial charge in [0.1, 0.15) is 17.7 Å². The summed E-state index contributed by atoms with van der Waals surface area (Å²) in [5.74, 6) is -0.840. The highest BCUT2D eigenvalue weighted by Gasteiger charge is 2.36. The van der Waals surface area contributed by atoms with Crippen molar-refractivity contribution in [3.05, 3.63) is 53.3 Å². The van der Waals surface area contributed by atoms with E-state index in [0.717, 1.165) is 0 Å². The van der Waals surface area contributed by atoms with E-state index in [9.17, 15) is 22.4 Å². The van der Waals surface area contributed by atoms with Gasteiger partial charge in [0.15, 0.2) is 18.1 Å². The Bertz CT molecular complexity index is 1310. The summed E-state index contributed by atoms with van der Waals surface area (Å²) in [6.07, 6.45) is -0.340. The number of fused-ring (bicyclic) bond motifs is 5. The van der Waals surface area contributed by atoms with Crippen molar-refractivity contribution in [2.45, 2.75) is 32.0 Å². The Morgan fingerprint density at radius 3 is 2.67 bits per heavy atom. The highest BCUT2D eigenvalue weighted by atomic mass is 32.2. The van der Waals surface area contributed by atoms with E-state index in [2.05, 4.69) is 10.6 Å². The average molecular weight is 568 g/mol. The number of sulfonamides is 1. The van der Waals surface area contributed by atoms with Crippen LogP contribution in [0.15, 0.2) is 36.4 Å². The molecular weight excluding hydrogens is 537 g/mol. The van der Waals surface area contributed by atoms with Crippen molar-refractivity contribution >= 4 is 28.3 Å². The number of rotatable bonds is 3. The predicted molar refractivity (Wildman–Crippen MR) is 137 cm³/mol. The van der Waals surface area contributed by atoms with Gasteiger partial charge in [0.2, 0.25) is 10.0 Å². The van der Waals surface area contributed by atoms with E-state index < -0.39 is 39.8 Å². The number of nitrogens with zero attached hydrogens (tertiary/aromatic N) is 1. The molecule has 39 heavy (non-hydrogen) atoms. The molecule has 4 bridgehead atoms. The van der Waals surface area contributed by atoms with Crippen LogP contribution in [0.5, 0.6) is 17.2 Å². The molecule has 2 aromatic carbocycles. The van der Waals surface area contributed by atoms with E-state index >= 15 is 0 Å². The summed E-state index contributed by atoms with van der Waals surface area (Å²) in [5.41, 5.74) is 0.692. The van der Waals surface area contributed by atoms with E-state index in [1.165, 1.54) is 35.7 Å². The molecule has 1 saturated heterocycles. The summed E-state index contributed by atoms with van der Waals surface area (Å²) in [4.78, 5) is 33.8. The van der Waals surface area contributed by atoms with Gasteiger partial charge in [0.05, 0.1) is 18.9 Å². The number of halogens is 1. The van der Waals surface area contributed by atoms with E-state index in [4.69, 9.17) is 24.1 Å². The Morgan fingerprint density at radius 2 is 1.97 bits per heavy atom. The number of benzene rings is 2. The van der Waals surface area contributed by atoms with Gasteiger partial charge in [-0.2, -0.15) is 4.31 Å². The zero-order chi connectivity index (χ0) is 28.6. The van der Waals surface area contributed by atoms with Gasteiger partial charge in [-0.05, 0) is 42.8 Å². The molecule has 2 heterocycles. The van der Waals surface area contributed by atoms with E-state index in [1.807, 2.05) is 0 Å². The second kappa shape index (κ2) is 13.2. The second-order valence-corrected chi connectivity index (χ2v) is 10.9. The molecule has 12 nitrogen and oxygen atoms in total. The number of carboxylic acid groups (broad SMARTS) is 1. The molecule has 212 valence electrons. The normalized spacial score (nSPS) is 20.0. The first-order valence-electron chi connectivity index (χ1n) is 12.0. The number of hydrogen-bond donors (Lipinski definition) is 3. The third-order valence-electron chi connectivity index (χ3n) is 6.08. The number of piperidine rings is 1. The topological polar surface area (TPSA) is 161 Å². The molecule has 2 atom stereocenters. The lowest BCUT2D eigenvalue weighted by atomic mass is 10.0. The molecule has 0 unspecified atom stereocenters. The number of hydrogen-bond acceptors (Lipinski definition) is 8. The van der Waals surface area contributed by atoms with Crippen molar-refractivity contribution < 1.29 is 46.5 Å². The number of methoxy groups -OCH3 is 1. The van der Waals surface area contributed by atoms with Crippen LogP contribution >= 0.6 is 0 Å². The molecule has 0 spiro atoms. The zero-order valence-electron chi connectivity index (χ0n) is 21.4. The number of ether oxygens (including phenoxy) is 3.